The van der Waals surface area contributed by atoms with Gasteiger partial charge in [-0.05, 0) is 62.2 Å². The van der Waals surface area contributed by atoms with Crippen LogP contribution in [0.2, 0.25) is 0 Å². The molecule has 17 heavy (non-hydrogen) atoms. The first-order chi connectivity index (χ1) is 8.13. The lowest BCUT2D eigenvalue weighted by Gasteiger charge is -2.19. The van der Waals surface area contributed by atoms with Gasteiger partial charge in [0.2, 0.25) is 0 Å². The highest BCUT2D eigenvalue weighted by atomic mass is 79.9. The van der Waals surface area contributed by atoms with Gasteiger partial charge in [0.05, 0.1) is 0 Å². The molecule has 0 fully saturated rings. The quantitative estimate of drug-likeness (QED) is 0.377. The summed E-state index contributed by atoms with van der Waals surface area (Å²) >= 11 is 14.3. The van der Waals surface area contributed by atoms with Gasteiger partial charge in [-0.15, -0.1) is 0 Å². The molecule has 0 spiro atoms. The second-order valence-electron chi connectivity index (χ2n) is 3.51. The van der Waals surface area contributed by atoms with Crippen LogP contribution >= 0.6 is 71.3 Å². The molecule has 0 unspecified atom stereocenters. The maximum atomic E-state index is 3.55. The third-order valence-electron chi connectivity index (χ3n) is 2.33. The topological polar surface area (TPSA) is 0 Å². The Labute approximate surface area is 133 Å². The summed E-state index contributed by atoms with van der Waals surface area (Å²) in [5, 5.41) is 0. The smallest absolute Gasteiger partial charge is 0.0329 e. The van der Waals surface area contributed by atoms with Crippen LogP contribution in [-0.2, 0) is 0 Å². The first kappa shape index (κ1) is 12.6. The fraction of sp³-hybridized carbons (Fsp3) is 0. The van der Waals surface area contributed by atoms with Crippen LogP contribution in [0.15, 0.2) is 63.3 Å². The van der Waals surface area contributed by atoms with Crippen molar-refractivity contribution in [3.63, 3.8) is 0 Å². The number of hydrogen-bond donors (Lipinski definition) is 0. The molecule has 0 radical (unpaired) electrons. The summed E-state index contributed by atoms with van der Waals surface area (Å²) in [5.41, 5.74) is 0. The molecular formula is C12H5Br3S2. The normalized spacial score (nSPS) is 13.1. The van der Waals surface area contributed by atoms with E-state index in [9.17, 15) is 0 Å². The van der Waals surface area contributed by atoms with Gasteiger partial charge in [-0.3, -0.25) is 0 Å². The summed E-state index contributed by atoms with van der Waals surface area (Å²) < 4.78 is 3.33. The Morgan fingerprint density at radius 3 is 1.82 bits per heavy atom. The van der Waals surface area contributed by atoms with Crippen LogP contribution in [0, 0.1) is 0 Å². The van der Waals surface area contributed by atoms with E-state index in [2.05, 4.69) is 78.1 Å². The highest BCUT2D eigenvalue weighted by Gasteiger charge is 2.18. The van der Waals surface area contributed by atoms with E-state index in [-0.39, 0.29) is 0 Å². The number of fused-ring (bicyclic) bond motifs is 2. The summed E-state index contributed by atoms with van der Waals surface area (Å²) in [6, 6.07) is 10.8. The number of benzene rings is 2. The van der Waals surface area contributed by atoms with E-state index < -0.39 is 0 Å². The van der Waals surface area contributed by atoms with Gasteiger partial charge in [0.15, 0.2) is 0 Å². The van der Waals surface area contributed by atoms with E-state index >= 15 is 0 Å². The Hall–Kier alpha value is 0.580. The van der Waals surface area contributed by atoms with Crippen molar-refractivity contribution in [2.75, 3.05) is 0 Å². The molecular weight excluding hydrogens is 448 g/mol. The van der Waals surface area contributed by atoms with Crippen LogP contribution in [-0.4, -0.2) is 0 Å². The molecule has 1 heterocycles. The van der Waals surface area contributed by atoms with Crippen molar-refractivity contribution in [3.8, 4) is 0 Å². The van der Waals surface area contributed by atoms with Crippen molar-refractivity contribution in [1.82, 2.24) is 0 Å². The Morgan fingerprint density at radius 2 is 1.18 bits per heavy atom. The van der Waals surface area contributed by atoms with Crippen molar-refractivity contribution < 1.29 is 0 Å². The maximum Gasteiger partial charge on any atom is 0.0329 e. The summed E-state index contributed by atoms with van der Waals surface area (Å²) in [7, 11) is 0. The Kier molecular flexibility index (Phi) is 3.65. The van der Waals surface area contributed by atoms with E-state index in [0.29, 0.717) is 0 Å². The minimum atomic E-state index is 1.10. The lowest BCUT2D eigenvalue weighted by Crippen LogP contribution is -1.90. The van der Waals surface area contributed by atoms with Gasteiger partial charge < -0.3 is 0 Å². The molecule has 0 atom stereocenters. The SMILES string of the molecule is Brc1ccc2c(c1)Sc1cc(Br)c(Br)cc1S2. The standard InChI is InChI=1S/C12H5Br3S2/c13-6-1-2-9-10(3-6)17-12-5-8(15)7(14)4-11(12)16-9/h1-5H. The highest BCUT2D eigenvalue weighted by molar-refractivity contribution is 9.13. The third kappa shape index (κ3) is 2.50. The monoisotopic (exact) mass is 450 g/mol. The second-order valence-corrected chi connectivity index (χ2v) is 8.30. The number of halogens is 3. The highest BCUT2D eigenvalue weighted by Crippen LogP contribution is 2.50. The third-order valence-corrected chi connectivity index (χ3v) is 7.18. The fourth-order valence-corrected chi connectivity index (χ4v) is 5.35. The zero-order chi connectivity index (χ0) is 12.0. The molecule has 0 aromatic heterocycles. The lowest BCUT2D eigenvalue weighted by molar-refractivity contribution is 1.14. The molecule has 0 saturated carbocycles. The number of hydrogen-bond acceptors (Lipinski definition) is 2. The van der Waals surface area contributed by atoms with E-state index in [1.54, 1.807) is 0 Å². The molecule has 1 aliphatic rings. The summed E-state index contributed by atoms with van der Waals surface area (Å²) in [4.78, 5) is 5.24. The molecule has 0 N–H and O–H groups in total. The number of rotatable bonds is 0. The first-order valence-electron chi connectivity index (χ1n) is 4.78. The second kappa shape index (κ2) is 4.93. The van der Waals surface area contributed by atoms with E-state index in [0.717, 1.165) is 13.4 Å². The van der Waals surface area contributed by atoms with Crippen molar-refractivity contribution >= 4 is 71.3 Å². The molecule has 2 aromatic carbocycles. The van der Waals surface area contributed by atoms with E-state index in [1.165, 1.54) is 19.6 Å². The van der Waals surface area contributed by atoms with Gasteiger partial charge in [0.25, 0.3) is 0 Å². The van der Waals surface area contributed by atoms with Crippen LogP contribution < -0.4 is 0 Å². The largest absolute Gasteiger partial charge is 0.0877 e. The molecule has 3 rings (SSSR count). The molecule has 0 saturated heterocycles. The summed E-state index contributed by atoms with van der Waals surface area (Å²) in [6.45, 7) is 0. The first-order valence-corrected chi connectivity index (χ1v) is 8.79. The maximum absolute atomic E-state index is 3.55. The molecule has 0 bridgehead atoms. The minimum absolute atomic E-state index is 1.10. The minimum Gasteiger partial charge on any atom is -0.0877 e. The van der Waals surface area contributed by atoms with Crippen LogP contribution in [0.4, 0.5) is 0 Å². The zero-order valence-electron chi connectivity index (χ0n) is 8.34. The van der Waals surface area contributed by atoms with Gasteiger partial charge in [-0.25, -0.2) is 0 Å². The van der Waals surface area contributed by atoms with Crippen molar-refractivity contribution in [3.05, 3.63) is 43.7 Å². The van der Waals surface area contributed by atoms with Crippen molar-refractivity contribution in [2.45, 2.75) is 19.6 Å². The van der Waals surface area contributed by atoms with Gasteiger partial charge in [-0.2, -0.15) is 0 Å². The summed E-state index contributed by atoms with van der Waals surface area (Å²) in [5.74, 6) is 0. The lowest BCUT2D eigenvalue weighted by atomic mass is 10.3. The van der Waals surface area contributed by atoms with E-state index in [4.69, 9.17) is 0 Å². The Morgan fingerprint density at radius 1 is 0.647 bits per heavy atom. The molecule has 86 valence electrons. The van der Waals surface area contributed by atoms with Gasteiger partial charge in [0.1, 0.15) is 0 Å². The predicted octanol–water partition coefficient (Wildman–Crippen LogP) is 6.59. The molecule has 0 amide bonds. The average molecular weight is 453 g/mol. The molecule has 0 nitrogen and oxygen atoms in total. The molecule has 5 heteroatoms. The van der Waals surface area contributed by atoms with Crippen LogP contribution in [0.3, 0.4) is 0 Å². The average Bonchev–Trinajstić information content (AvgIpc) is 2.28. The van der Waals surface area contributed by atoms with Crippen LogP contribution in [0.1, 0.15) is 0 Å². The van der Waals surface area contributed by atoms with Crippen LogP contribution in [0.5, 0.6) is 0 Å². The van der Waals surface area contributed by atoms with Crippen LogP contribution in [0.25, 0.3) is 0 Å². The summed E-state index contributed by atoms with van der Waals surface area (Å²) in [6.07, 6.45) is 0. The predicted molar refractivity (Wildman–Crippen MR) is 84.2 cm³/mol. The van der Waals surface area contributed by atoms with Gasteiger partial charge in [-0.1, -0.05) is 39.5 Å². The van der Waals surface area contributed by atoms with E-state index in [1.807, 2.05) is 23.5 Å². The molecule has 1 aliphatic heterocycles. The molecule has 0 aliphatic carbocycles. The Bertz CT molecular complexity index is 611. The van der Waals surface area contributed by atoms with Gasteiger partial charge in [0, 0.05) is 33.0 Å². The zero-order valence-corrected chi connectivity index (χ0v) is 14.7. The molecule has 2 aromatic rings. The fourth-order valence-electron chi connectivity index (χ4n) is 1.55. The van der Waals surface area contributed by atoms with Crippen molar-refractivity contribution in [1.29, 1.82) is 0 Å². The Balaban J connectivity index is 2.11. The van der Waals surface area contributed by atoms with Crippen molar-refractivity contribution in [2.24, 2.45) is 0 Å². The van der Waals surface area contributed by atoms with Gasteiger partial charge >= 0.3 is 0 Å².